The highest BCUT2D eigenvalue weighted by atomic mass is 16.5. The molecule has 17 heavy (non-hydrogen) atoms. The third-order valence-electron chi connectivity index (χ3n) is 3.07. The van der Waals surface area contributed by atoms with E-state index in [2.05, 4.69) is 5.10 Å². The third-order valence-corrected chi connectivity index (χ3v) is 3.07. The van der Waals surface area contributed by atoms with Crippen LogP contribution < -0.4 is 5.73 Å². The molecule has 1 heterocycles. The van der Waals surface area contributed by atoms with Gasteiger partial charge in [0.25, 0.3) is 0 Å². The van der Waals surface area contributed by atoms with E-state index >= 15 is 0 Å². The maximum absolute atomic E-state index is 5.82. The van der Waals surface area contributed by atoms with Gasteiger partial charge in [-0.3, -0.25) is 0 Å². The maximum atomic E-state index is 5.82. The average molecular weight is 231 g/mol. The molecule has 0 spiro atoms. The smallest absolute Gasteiger partial charge is 0.104 e. The van der Waals surface area contributed by atoms with E-state index in [1.54, 1.807) is 13.3 Å². The van der Waals surface area contributed by atoms with Crippen molar-refractivity contribution in [3.63, 3.8) is 0 Å². The molecule has 0 aliphatic carbocycles. The number of benzene rings is 1. The highest BCUT2D eigenvalue weighted by molar-refractivity contribution is 5.44. The van der Waals surface area contributed by atoms with Crippen LogP contribution in [0.15, 0.2) is 42.7 Å². The number of rotatable bonds is 4. The van der Waals surface area contributed by atoms with Crippen LogP contribution in [0.4, 0.5) is 0 Å². The van der Waals surface area contributed by atoms with Gasteiger partial charge in [0.05, 0.1) is 5.69 Å². The van der Waals surface area contributed by atoms with Crippen molar-refractivity contribution in [2.24, 2.45) is 5.73 Å². The number of ether oxygens (including phenoxy) is 1. The zero-order valence-electron chi connectivity index (χ0n) is 10.1. The van der Waals surface area contributed by atoms with Crippen molar-refractivity contribution in [3.8, 4) is 5.69 Å². The van der Waals surface area contributed by atoms with Gasteiger partial charge in [0.1, 0.15) is 5.60 Å². The molecule has 1 aromatic carbocycles. The van der Waals surface area contributed by atoms with E-state index in [0.717, 1.165) is 11.3 Å². The summed E-state index contributed by atoms with van der Waals surface area (Å²) in [7, 11) is 1.67. The summed E-state index contributed by atoms with van der Waals surface area (Å²) >= 11 is 0. The van der Waals surface area contributed by atoms with Gasteiger partial charge < -0.3 is 10.5 Å². The van der Waals surface area contributed by atoms with Crippen LogP contribution in [0.5, 0.6) is 0 Å². The summed E-state index contributed by atoms with van der Waals surface area (Å²) in [4.78, 5) is 0. The Balaban J connectivity index is 2.55. The largest absolute Gasteiger partial charge is 0.372 e. The summed E-state index contributed by atoms with van der Waals surface area (Å²) in [6.45, 7) is 2.40. The summed E-state index contributed by atoms with van der Waals surface area (Å²) < 4.78 is 7.37. The molecule has 0 bridgehead atoms. The van der Waals surface area contributed by atoms with E-state index in [4.69, 9.17) is 10.5 Å². The van der Waals surface area contributed by atoms with Crippen molar-refractivity contribution in [3.05, 3.63) is 48.3 Å². The second-order valence-corrected chi connectivity index (χ2v) is 4.11. The zero-order valence-corrected chi connectivity index (χ0v) is 10.1. The highest BCUT2D eigenvalue weighted by Crippen LogP contribution is 2.28. The van der Waals surface area contributed by atoms with Crippen LogP contribution in [0.3, 0.4) is 0 Å². The summed E-state index contributed by atoms with van der Waals surface area (Å²) in [6, 6.07) is 9.88. The topological polar surface area (TPSA) is 53.1 Å². The molecule has 1 unspecified atom stereocenters. The first-order chi connectivity index (χ1) is 8.21. The Hall–Kier alpha value is -1.65. The Bertz CT molecular complexity index is 475. The molecule has 0 radical (unpaired) electrons. The molecule has 0 saturated carbocycles. The first-order valence-corrected chi connectivity index (χ1v) is 5.56. The predicted molar refractivity (Wildman–Crippen MR) is 67.0 cm³/mol. The number of nitrogens with zero attached hydrogens (tertiary/aromatic N) is 2. The molecule has 1 aromatic heterocycles. The minimum Gasteiger partial charge on any atom is -0.372 e. The molecule has 0 aliphatic heterocycles. The molecule has 4 nitrogen and oxygen atoms in total. The second-order valence-electron chi connectivity index (χ2n) is 4.11. The SMILES string of the molecule is COC(C)(CN)c1ccccc1-n1cccn1. The lowest BCUT2D eigenvalue weighted by Crippen LogP contribution is -2.34. The van der Waals surface area contributed by atoms with E-state index in [9.17, 15) is 0 Å². The minimum absolute atomic E-state index is 0.418. The van der Waals surface area contributed by atoms with Gasteiger partial charge in [-0.2, -0.15) is 5.10 Å². The first-order valence-electron chi connectivity index (χ1n) is 5.56. The second kappa shape index (κ2) is 4.69. The number of hydrogen-bond donors (Lipinski definition) is 1. The van der Waals surface area contributed by atoms with Crippen LogP contribution >= 0.6 is 0 Å². The fourth-order valence-corrected chi connectivity index (χ4v) is 1.84. The fraction of sp³-hybridized carbons (Fsp3) is 0.308. The Kier molecular flexibility index (Phi) is 3.26. The van der Waals surface area contributed by atoms with E-state index in [1.807, 2.05) is 48.1 Å². The summed E-state index contributed by atoms with van der Waals surface area (Å²) in [5, 5.41) is 4.25. The number of hydrogen-bond acceptors (Lipinski definition) is 3. The molecule has 90 valence electrons. The molecule has 2 N–H and O–H groups in total. The summed E-state index contributed by atoms with van der Waals surface area (Å²) in [5.41, 5.74) is 7.35. The molecular formula is C13H17N3O. The lowest BCUT2D eigenvalue weighted by Gasteiger charge is -2.29. The highest BCUT2D eigenvalue weighted by Gasteiger charge is 2.27. The van der Waals surface area contributed by atoms with Crippen LogP contribution in [0.25, 0.3) is 5.69 Å². The van der Waals surface area contributed by atoms with E-state index in [-0.39, 0.29) is 0 Å². The molecular weight excluding hydrogens is 214 g/mol. The number of methoxy groups -OCH3 is 1. The van der Waals surface area contributed by atoms with Crippen LogP contribution in [-0.2, 0) is 10.3 Å². The third kappa shape index (κ3) is 2.09. The van der Waals surface area contributed by atoms with Crippen molar-refractivity contribution in [2.45, 2.75) is 12.5 Å². The van der Waals surface area contributed by atoms with Gasteiger partial charge in [-0.15, -0.1) is 0 Å². The monoisotopic (exact) mass is 231 g/mol. The molecule has 0 aliphatic rings. The van der Waals surface area contributed by atoms with Gasteiger partial charge >= 0.3 is 0 Å². The van der Waals surface area contributed by atoms with E-state index in [0.29, 0.717) is 6.54 Å². The Labute approximate surface area is 101 Å². The van der Waals surface area contributed by atoms with Crippen molar-refractivity contribution >= 4 is 0 Å². The molecule has 2 aromatic rings. The van der Waals surface area contributed by atoms with Gasteiger partial charge in [-0.25, -0.2) is 4.68 Å². The molecule has 0 fully saturated rings. The standard InChI is InChI=1S/C13H17N3O/c1-13(10-14,17-2)11-6-3-4-7-12(11)16-9-5-8-15-16/h3-9H,10,14H2,1-2H3. The number of nitrogens with two attached hydrogens (primary N) is 1. The summed E-state index contributed by atoms with van der Waals surface area (Å²) in [5.74, 6) is 0. The van der Waals surface area contributed by atoms with Gasteiger partial charge in [0, 0.05) is 31.6 Å². The number of para-hydroxylation sites is 1. The molecule has 1 atom stereocenters. The van der Waals surface area contributed by atoms with Gasteiger partial charge in [0.2, 0.25) is 0 Å². The van der Waals surface area contributed by atoms with Gasteiger partial charge in [-0.05, 0) is 19.1 Å². The molecule has 2 rings (SSSR count). The van der Waals surface area contributed by atoms with Crippen LogP contribution in [0.1, 0.15) is 12.5 Å². The van der Waals surface area contributed by atoms with Crippen molar-refractivity contribution in [1.82, 2.24) is 9.78 Å². The molecule has 0 amide bonds. The average Bonchev–Trinajstić information content (AvgIpc) is 2.92. The normalized spacial score (nSPS) is 14.5. The lowest BCUT2D eigenvalue weighted by atomic mass is 9.94. The van der Waals surface area contributed by atoms with Crippen LogP contribution in [0, 0.1) is 0 Å². The minimum atomic E-state index is -0.497. The van der Waals surface area contributed by atoms with Crippen molar-refractivity contribution in [2.75, 3.05) is 13.7 Å². The van der Waals surface area contributed by atoms with Crippen molar-refractivity contribution in [1.29, 1.82) is 0 Å². The first kappa shape index (κ1) is 11.8. The predicted octanol–water partition coefficient (Wildman–Crippen LogP) is 1.69. The van der Waals surface area contributed by atoms with E-state index in [1.165, 1.54) is 0 Å². The Morgan fingerprint density at radius 2 is 2.12 bits per heavy atom. The maximum Gasteiger partial charge on any atom is 0.104 e. The Morgan fingerprint density at radius 1 is 1.35 bits per heavy atom. The Morgan fingerprint density at radius 3 is 2.71 bits per heavy atom. The van der Waals surface area contributed by atoms with Crippen LogP contribution in [0.2, 0.25) is 0 Å². The zero-order chi connectivity index (χ0) is 12.3. The summed E-state index contributed by atoms with van der Waals surface area (Å²) in [6.07, 6.45) is 3.66. The fourth-order valence-electron chi connectivity index (χ4n) is 1.84. The van der Waals surface area contributed by atoms with Gasteiger partial charge in [0.15, 0.2) is 0 Å². The van der Waals surface area contributed by atoms with Crippen LogP contribution in [-0.4, -0.2) is 23.4 Å². The van der Waals surface area contributed by atoms with Crippen molar-refractivity contribution < 1.29 is 4.74 Å². The van der Waals surface area contributed by atoms with Gasteiger partial charge in [-0.1, -0.05) is 18.2 Å². The lowest BCUT2D eigenvalue weighted by molar-refractivity contribution is 0.00999. The molecule has 0 saturated heterocycles. The molecule has 4 heteroatoms. The quantitative estimate of drug-likeness (QED) is 0.871. The number of aromatic nitrogens is 2. The van der Waals surface area contributed by atoms with E-state index < -0.39 is 5.60 Å².